The molecule has 1 rings (SSSR count). The first-order valence-electron chi connectivity index (χ1n) is 6.27. The summed E-state index contributed by atoms with van der Waals surface area (Å²) in [5, 5.41) is 20.5. The van der Waals surface area contributed by atoms with Gasteiger partial charge in [0.05, 0.1) is 6.42 Å². The first kappa shape index (κ1) is 15.2. The number of carboxylic acid groups (broad SMARTS) is 1. The van der Waals surface area contributed by atoms with Crippen molar-refractivity contribution in [3.05, 3.63) is 10.1 Å². The summed E-state index contributed by atoms with van der Waals surface area (Å²) in [6.07, 6.45) is 2.21. The first-order valence-corrected chi connectivity index (χ1v) is 6.27. The molecule has 0 saturated heterocycles. The summed E-state index contributed by atoms with van der Waals surface area (Å²) >= 11 is 0. The van der Waals surface area contributed by atoms with Gasteiger partial charge in [-0.2, -0.15) is 0 Å². The molecule has 1 fully saturated rings. The van der Waals surface area contributed by atoms with Crippen LogP contribution in [0.15, 0.2) is 0 Å². The third-order valence-electron chi connectivity index (χ3n) is 3.18. The molecule has 8 heteroatoms. The summed E-state index contributed by atoms with van der Waals surface area (Å²) in [6.45, 7) is 0.490. The van der Waals surface area contributed by atoms with Gasteiger partial charge in [0.25, 0.3) is 5.09 Å². The Morgan fingerprint density at radius 1 is 1.26 bits per heavy atom. The van der Waals surface area contributed by atoms with Gasteiger partial charge in [0.1, 0.15) is 6.10 Å². The van der Waals surface area contributed by atoms with Gasteiger partial charge in [0.2, 0.25) is 5.91 Å². The molecule has 1 aliphatic carbocycles. The van der Waals surface area contributed by atoms with E-state index in [2.05, 4.69) is 10.2 Å². The van der Waals surface area contributed by atoms with Crippen LogP contribution in [0.25, 0.3) is 0 Å². The molecule has 0 bridgehead atoms. The van der Waals surface area contributed by atoms with Crippen LogP contribution in [0.3, 0.4) is 0 Å². The third kappa shape index (κ3) is 6.58. The highest BCUT2D eigenvalue weighted by Crippen LogP contribution is 2.25. The number of carbonyl (C=O) groups excluding carboxylic acids is 1. The first-order chi connectivity index (χ1) is 8.97. The molecule has 0 aliphatic heterocycles. The lowest BCUT2D eigenvalue weighted by Crippen LogP contribution is -2.33. The van der Waals surface area contributed by atoms with E-state index in [0.29, 0.717) is 19.4 Å². The van der Waals surface area contributed by atoms with Crippen molar-refractivity contribution in [3.8, 4) is 0 Å². The molecule has 0 heterocycles. The van der Waals surface area contributed by atoms with Gasteiger partial charge in [-0.1, -0.05) is 0 Å². The second-order valence-corrected chi connectivity index (χ2v) is 4.67. The highest BCUT2D eigenvalue weighted by atomic mass is 17.0. The van der Waals surface area contributed by atoms with Crippen LogP contribution in [0.1, 0.15) is 38.5 Å². The quantitative estimate of drug-likeness (QED) is 0.522. The maximum atomic E-state index is 11.3. The molecule has 0 unspecified atom stereocenters. The molecule has 1 saturated carbocycles. The van der Waals surface area contributed by atoms with Crippen molar-refractivity contribution in [3.63, 3.8) is 0 Å². The van der Waals surface area contributed by atoms with Crippen LogP contribution in [0.4, 0.5) is 0 Å². The zero-order valence-corrected chi connectivity index (χ0v) is 10.5. The second kappa shape index (κ2) is 7.55. The summed E-state index contributed by atoms with van der Waals surface area (Å²) in [5.74, 6) is -0.987. The summed E-state index contributed by atoms with van der Waals surface area (Å²) in [6, 6.07) is 0. The largest absolute Gasteiger partial charge is 0.481 e. The normalized spacial score (nSPS) is 22.5. The predicted molar refractivity (Wildman–Crippen MR) is 63.7 cm³/mol. The molecule has 8 nitrogen and oxygen atoms in total. The lowest BCUT2D eigenvalue weighted by molar-refractivity contribution is -0.769. The minimum Gasteiger partial charge on any atom is -0.481 e. The maximum Gasteiger partial charge on any atom is 0.303 e. The fourth-order valence-corrected chi connectivity index (χ4v) is 2.13. The van der Waals surface area contributed by atoms with Gasteiger partial charge >= 0.3 is 5.97 Å². The highest BCUT2D eigenvalue weighted by Gasteiger charge is 2.23. The minimum atomic E-state index is -0.993. The number of nitrogens with one attached hydrogen (secondary N) is 1. The van der Waals surface area contributed by atoms with Gasteiger partial charge in [0.15, 0.2) is 0 Å². The topological polar surface area (TPSA) is 119 Å². The molecule has 1 amide bonds. The fraction of sp³-hybridized carbons (Fsp3) is 0.818. The van der Waals surface area contributed by atoms with Gasteiger partial charge in [-0.3, -0.25) is 9.59 Å². The van der Waals surface area contributed by atoms with E-state index in [1.165, 1.54) is 0 Å². The third-order valence-corrected chi connectivity index (χ3v) is 3.18. The van der Waals surface area contributed by atoms with E-state index in [9.17, 15) is 19.7 Å². The summed E-state index contributed by atoms with van der Waals surface area (Å²) < 4.78 is 0. The number of carboxylic acids is 1. The van der Waals surface area contributed by atoms with E-state index in [0.717, 1.165) is 12.8 Å². The van der Waals surface area contributed by atoms with Crippen molar-refractivity contribution >= 4 is 11.9 Å². The lowest BCUT2D eigenvalue weighted by Gasteiger charge is -2.27. The van der Waals surface area contributed by atoms with Crippen molar-refractivity contribution in [2.75, 3.05) is 6.54 Å². The van der Waals surface area contributed by atoms with Crippen molar-refractivity contribution in [2.24, 2.45) is 5.92 Å². The van der Waals surface area contributed by atoms with Crippen molar-refractivity contribution in [1.29, 1.82) is 0 Å². The molecule has 2 N–H and O–H groups in total. The predicted octanol–water partition coefficient (Wildman–Crippen LogP) is 0.734. The van der Waals surface area contributed by atoms with E-state index in [1.54, 1.807) is 0 Å². The monoisotopic (exact) mass is 274 g/mol. The summed E-state index contributed by atoms with van der Waals surface area (Å²) in [7, 11) is 0. The lowest BCUT2D eigenvalue weighted by atomic mass is 9.87. The molecule has 0 radical (unpaired) electrons. The van der Waals surface area contributed by atoms with Crippen LogP contribution >= 0.6 is 0 Å². The van der Waals surface area contributed by atoms with Crippen molar-refractivity contribution < 1.29 is 24.6 Å². The Morgan fingerprint density at radius 3 is 2.42 bits per heavy atom. The SMILES string of the molecule is O=C(O)CCC(=O)NCC1CCC(O[N+](=O)[O-])CC1. The molecule has 108 valence electrons. The van der Waals surface area contributed by atoms with Gasteiger partial charge < -0.3 is 15.3 Å². The van der Waals surface area contributed by atoms with E-state index in [1.807, 2.05) is 0 Å². The Morgan fingerprint density at radius 2 is 1.89 bits per heavy atom. The van der Waals surface area contributed by atoms with Crippen LogP contribution in [-0.4, -0.2) is 34.7 Å². The Labute approximate surface area is 110 Å². The number of nitrogens with zero attached hydrogens (tertiary/aromatic N) is 1. The Bertz CT molecular complexity index is 338. The van der Waals surface area contributed by atoms with Crippen LogP contribution in [0, 0.1) is 16.0 Å². The van der Waals surface area contributed by atoms with Gasteiger partial charge in [-0.05, 0) is 31.6 Å². The molecule has 0 aromatic heterocycles. The molecule has 0 aromatic carbocycles. The fourth-order valence-electron chi connectivity index (χ4n) is 2.13. The van der Waals surface area contributed by atoms with E-state index in [-0.39, 0.29) is 30.8 Å². The number of carbonyl (C=O) groups is 2. The smallest absolute Gasteiger partial charge is 0.303 e. The molecule has 0 spiro atoms. The number of aliphatic carboxylic acids is 1. The minimum absolute atomic E-state index is 0.0187. The van der Waals surface area contributed by atoms with E-state index >= 15 is 0 Å². The maximum absolute atomic E-state index is 11.3. The van der Waals surface area contributed by atoms with Gasteiger partial charge in [0, 0.05) is 13.0 Å². The Hall–Kier alpha value is -1.86. The van der Waals surface area contributed by atoms with Crippen molar-refractivity contribution in [1.82, 2.24) is 5.32 Å². The Balaban J connectivity index is 2.14. The van der Waals surface area contributed by atoms with Crippen LogP contribution in [0.2, 0.25) is 0 Å². The molecular weight excluding hydrogens is 256 g/mol. The number of hydrogen-bond donors (Lipinski definition) is 2. The number of rotatable bonds is 7. The Kier molecular flexibility index (Phi) is 6.04. The highest BCUT2D eigenvalue weighted by molar-refractivity contribution is 5.80. The number of hydrogen-bond acceptors (Lipinski definition) is 5. The molecular formula is C11H18N2O6. The van der Waals surface area contributed by atoms with Gasteiger partial charge in [-0.15, -0.1) is 10.1 Å². The average molecular weight is 274 g/mol. The standard InChI is InChI=1S/C11H18N2O6/c14-10(5-6-11(15)16)12-7-8-1-3-9(4-2-8)19-13(17)18/h8-9H,1-7H2,(H,12,14)(H,15,16). The molecule has 0 aromatic rings. The summed E-state index contributed by atoms with van der Waals surface area (Å²) in [5.41, 5.74) is 0. The van der Waals surface area contributed by atoms with E-state index in [4.69, 9.17) is 5.11 Å². The van der Waals surface area contributed by atoms with Crippen LogP contribution < -0.4 is 5.32 Å². The number of amides is 1. The molecule has 1 aliphatic rings. The van der Waals surface area contributed by atoms with E-state index < -0.39 is 11.1 Å². The van der Waals surface area contributed by atoms with Gasteiger partial charge in [-0.25, -0.2) is 0 Å². The zero-order valence-electron chi connectivity index (χ0n) is 10.5. The summed E-state index contributed by atoms with van der Waals surface area (Å²) in [4.78, 5) is 36.3. The average Bonchev–Trinajstić information content (AvgIpc) is 2.35. The molecule has 0 atom stereocenters. The second-order valence-electron chi connectivity index (χ2n) is 4.67. The zero-order chi connectivity index (χ0) is 14.3. The molecule has 19 heavy (non-hydrogen) atoms. The van der Waals surface area contributed by atoms with Crippen molar-refractivity contribution in [2.45, 2.75) is 44.6 Å². The van der Waals surface area contributed by atoms with Crippen LogP contribution in [-0.2, 0) is 14.4 Å². The van der Waals surface area contributed by atoms with Crippen LogP contribution in [0.5, 0.6) is 0 Å².